The summed E-state index contributed by atoms with van der Waals surface area (Å²) in [5, 5.41) is 1.31. The van der Waals surface area contributed by atoms with E-state index < -0.39 is 0 Å². The van der Waals surface area contributed by atoms with E-state index in [1.807, 2.05) is 6.07 Å². The van der Waals surface area contributed by atoms with Gasteiger partial charge >= 0.3 is 0 Å². The fourth-order valence-electron chi connectivity index (χ4n) is 1.55. The summed E-state index contributed by atoms with van der Waals surface area (Å²) in [7, 11) is 0. The summed E-state index contributed by atoms with van der Waals surface area (Å²) < 4.78 is 1.05. The minimum atomic E-state index is 0.298. The lowest BCUT2D eigenvalue weighted by Gasteiger charge is -2.09. The summed E-state index contributed by atoms with van der Waals surface area (Å²) in [6.07, 6.45) is 1.75. The van der Waals surface area contributed by atoms with Gasteiger partial charge in [0, 0.05) is 16.1 Å². The molecule has 2 nitrogen and oxygen atoms in total. The van der Waals surface area contributed by atoms with Crippen molar-refractivity contribution in [1.82, 2.24) is 9.97 Å². The lowest BCUT2D eigenvalue weighted by Crippen LogP contribution is -1.94. The molecule has 2 aromatic rings. The molecule has 1 aromatic heterocycles. The Morgan fingerprint density at radius 2 is 2.07 bits per heavy atom. The van der Waals surface area contributed by atoms with Crippen molar-refractivity contribution < 1.29 is 0 Å². The smallest absolute Gasteiger partial charge is 0.222 e. The van der Waals surface area contributed by atoms with E-state index in [-0.39, 0.29) is 0 Å². The molecule has 1 heterocycles. The maximum atomic E-state index is 5.80. The van der Waals surface area contributed by atoms with Crippen LogP contribution in [0.25, 0.3) is 10.9 Å². The van der Waals surface area contributed by atoms with E-state index in [9.17, 15) is 0 Å². The van der Waals surface area contributed by atoms with Gasteiger partial charge in [0.05, 0.1) is 5.52 Å². The number of benzene rings is 1. The zero-order chi connectivity index (χ0) is 11.0. The Labute approximate surface area is 102 Å². The van der Waals surface area contributed by atoms with Crippen molar-refractivity contribution in [2.75, 3.05) is 0 Å². The van der Waals surface area contributed by atoms with Gasteiger partial charge in [0.15, 0.2) is 0 Å². The summed E-state index contributed by atoms with van der Waals surface area (Å²) in [5.41, 5.74) is 2.12. The van der Waals surface area contributed by atoms with Crippen LogP contribution in [0.4, 0.5) is 0 Å². The zero-order valence-electron chi connectivity index (χ0n) is 8.46. The first-order valence-corrected chi connectivity index (χ1v) is 5.86. The van der Waals surface area contributed by atoms with Crippen molar-refractivity contribution in [2.45, 2.75) is 19.8 Å². The van der Waals surface area contributed by atoms with Crippen LogP contribution in [0.1, 0.15) is 25.3 Å². The second-order valence-corrected chi connectivity index (χ2v) is 4.98. The molecule has 2 rings (SSSR count). The summed E-state index contributed by atoms with van der Waals surface area (Å²) >= 11 is 9.28. The summed E-state index contributed by atoms with van der Waals surface area (Å²) in [6.45, 7) is 4.27. The molecular weight excluding hydrogens is 275 g/mol. The first kappa shape index (κ1) is 10.8. The number of fused-ring (bicyclic) bond motifs is 1. The molecule has 0 saturated heterocycles. The highest BCUT2D eigenvalue weighted by Gasteiger charge is 2.09. The predicted molar refractivity (Wildman–Crippen MR) is 66.3 cm³/mol. The molecule has 0 saturated carbocycles. The molecule has 0 aliphatic heterocycles. The quantitative estimate of drug-likeness (QED) is 0.735. The van der Waals surface area contributed by atoms with Crippen molar-refractivity contribution in [3.8, 4) is 0 Å². The molecule has 0 fully saturated rings. The summed E-state index contributed by atoms with van der Waals surface area (Å²) in [4.78, 5) is 8.25. The molecule has 0 amide bonds. The van der Waals surface area contributed by atoms with Crippen LogP contribution in [-0.4, -0.2) is 9.97 Å². The van der Waals surface area contributed by atoms with Crippen molar-refractivity contribution >= 4 is 38.4 Å². The third-order valence-corrected chi connectivity index (χ3v) is 2.91. The number of aromatic nitrogens is 2. The van der Waals surface area contributed by atoms with E-state index in [2.05, 4.69) is 45.8 Å². The van der Waals surface area contributed by atoms with Crippen molar-refractivity contribution in [3.05, 3.63) is 33.6 Å². The molecule has 0 aliphatic rings. The van der Waals surface area contributed by atoms with Gasteiger partial charge in [-0.05, 0) is 35.2 Å². The van der Waals surface area contributed by atoms with Gasteiger partial charge in [-0.25, -0.2) is 9.97 Å². The van der Waals surface area contributed by atoms with Crippen LogP contribution < -0.4 is 0 Å². The molecule has 0 unspecified atom stereocenters. The standard InChI is InChI=1S/C11H10BrClN2/c1-6(2)9-4-8(12)3-7-5-14-11(13)15-10(7)9/h3-6H,1-2H3. The van der Waals surface area contributed by atoms with E-state index in [1.54, 1.807) is 6.20 Å². The van der Waals surface area contributed by atoms with Crippen molar-refractivity contribution in [1.29, 1.82) is 0 Å². The maximum Gasteiger partial charge on any atom is 0.222 e. The second-order valence-electron chi connectivity index (χ2n) is 3.73. The Morgan fingerprint density at radius 1 is 1.33 bits per heavy atom. The molecule has 0 bridgehead atoms. The Morgan fingerprint density at radius 3 is 2.73 bits per heavy atom. The van der Waals surface area contributed by atoms with Gasteiger partial charge in [0.25, 0.3) is 0 Å². The topological polar surface area (TPSA) is 25.8 Å². The average Bonchev–Trinajstić information content (AvgIpc) is 2.17. The summed E-state index contributed by atoms with van der Waals surface area (Å²) in [6, 6.07) is 4.08. The number of halogens is 2. The molecule has 0 spiro atoms. The second kappa shape index (κ2) is 4.06. The number of hydrogen-bond donors (Lipinski definition) is 0. The van der Waals surface area contributed by atoms with Gasteiger partial charge in [-0.15, -0.1) is 0 Å². The Balaban J connectivity index is 2.81. The van der Waals surface area contributed by atoms with Gasteiger partial charge in [-0.1, -0.05) is 29.8 Å². The molecule has 0 aliphatic carbocycles. The van der Waals surface area contributed by atoms with E-state index >= 15 is 0 Å². The Kier molecular flexibility index (Phi) is 2.94. The Bertz CT molecular complexity index is 511. The third-order valence-electron chi connectivity index (χ3n) is 2.27. The fourth-order valence-corrected chi connectivity index (χ4v) is 2.18. The fraction of sp³-hybridized carbons (Fsp3) is 0.273. The molecule has 78 valence electrons. The lowest BCUT2D eigenvalue weighted by molar-refractivity contribution is 0.871. The molecule has 0 atom stereocenters. The third kappa shape index (κ3) is 2.13. The van der Waals surface area contributed by atoms with Gasteiger partial charge in [-0.2, -0.15) is 0 Å². The highest BCUT2D eigenvalue weighted by atomic mass is 79.9. The van der Waals surface area contributed by atoms with Crippen LogP contribution in [0.3, 0.4) is 0 Å². The minimum Gasteiger partial charge on any atom is -0.226 e. The van der Waals surface area contributed by atoms with Gasteiger partial charge < -0.3 is 0 Å². The summed E-state index contributed by atoms with van der Waals surface area (Å²) in [5.74, 6) is 0.413. The largest absolute Gasteiger partial charge is 0.226 e. The van der Waals surface area contributed by atoms with Crippen LogP contribution in [0.15, 0.2) is 22.8 Å². The normalized spacial score (nSPS) is 11.3. The molecule has 15 heavy (non-hydrogen) atoms. The molecule has 0 N–H and O–H groups in total. The molecule has 4 heteroatoms. The van der Waals surface area contributed by atoms with Gasteiger partial charge in [-0.3, -0.25) is 0 Å². The van der Waals surface area contributed by atoms with Gasteiger partial charge in [0.2, 0.25) is 5.28 Å². The predicted octanol–water partition coefficient (Wildman–Crippen LogP) is 4.17. The van der Waals surface area contributed by atoms with Gasteiger partial charge in [0.1, 0.15) is 0 Å². The van der Waals surface area contributed by atoms with Crippen LogP contribution in [0.5, 0.6) is 0 Å². The first-order chi connectivity index (χ1) is 7.08. The average molecular weight is 286 g/mol. The van der Waals surface area contributed by atoms with E-state index in [0.29, 0.717) is 11.2 Å². The zero-order valence-corrected chi connectivity index (χ0v) is 10.8. The minimum absolute atomic E-state index is 0.298. The van der Waals surface area contributed by atoms with Crippen molar-refractivity contribution in [3.63, 3.8) is 0 Å². The van der Waals surface area contributed by atoms with Crippen LogP contribution in [0, 0.1) is 0 Å². The number of rotatable bonds is 1. The highest BCUT2D eigenvalue weighted by Crippen LogP contribution is 2.28. The SMILES string of the molecule is CC(C)c1cc(Br)cc2cnc(Cl)nc12. The van der Waals surface area contributed by atoms with Crippen LogP contribution >= 0.6 is 27.5 Å². The number of nitrogens with zero attached hydrogens (tertiary/aromatic N) is 2. The van der Waals surface area contributed by atoms with E-state index in [0.717, 1.165) is 15.4 Å². The molecule has 0 radical (unpaired) electrons. The van der Waals surface area contributed by atoms with E-state index in [4.69, 9.17) is 11.6 Å². The lowest BCUT2D eigenvalue weighted by atomic mass is 10.0. The molecule has 1 aromatic carbocycles. The highest BCUT2D eigenvalue weighted by molar-refractivity contribution is 9.10. The van der Waals surface area contributed by atoms with Crippen LogP contribution in [-0.2, 0) is 0 Å². The van der Waals surface area contributed by atoms with E-state index in [1.165, 1.54) is 5.56 Å². The first-order valence-electron chi connectivity index (χ1n) is 4.69. The number of hydrogen-bond acceptors (Lipinski definition) is 2. The maximum absolute atomic E-state index is 5.80. The van der Waals surface area contributed by atoms with Crippen LogP contribution in [0.2, 0.25) is 5.28 Å². The van der Waals surface area contributed by atoms with Crippen molar-refractivity contribution in [2.24, 2.45) is 0 Å². The Hall–Kier alpha value is -0.670. The molecular formula is C11H10BrClN2. The monoisotopic (exact) mass is 284 g/mol.